The van der Waals surface area contributed by atoms with Crippen LogP contribution in [0.1, 0.15) is 23.8 Å². The van der Waals surface area contributed by atoms with Crippen LogP contribution in [0.5, 0.6) is 5.75 Å². The molecular weight excluding hydrogens is 290 g/mol. The zero-order valence-corrected chi connectivity index (χ0v) is 13.2. The van der Waals surface area contributed by atoms with Gasteiger partial charge >= 0.3 is 0 Å². The van der Waals surface area contributed by atoms with Gasteiger partial charge in [-0.05, 0) is 36.4 Å². The van der Waals surface area contributed by atoms with Crippen molar-refractivity contribution in [2.24, 2.45) is 5.73 Å². The fourth-order valence-electron chi connectivity index (χ4n) is 2.00. The summed E-state index contributed by atoms with van der Waals surface area (Å²) in [5.74, 6) is 0.859. The lowest BCUT2D eigenvalue weighted by Gasteiger charge is -2.15. The molecule has 2 rings (SSSR count). The minimum atomic E-state index is 0.120. The van der Waals surface area contributed by atoms with Gasteiger partial charge in [0.1, 0.15) is 5.75 Å². The average molecular weight is 310 g/mol. The summed E-state index contributed by atoms with van der Waals surface area (Å²) in [5.41, 5.74) is 7.06. The molecule has 2 aromatic rings. The maximum Gasteiger partial charge on any atom is 0.124 e. The van der Waals surface area contributed by atoms with E-state index < -0.39 is 0 Å². The molecule has 0 aliphatic carbocycles. The van der Waals surface area contributed by atoms with Crippen molar-refractivity contribution in [3.05, 3.63) is 51.2 Å². The Balaban J connectivity index is 2.00. The molecule has 20 heavy (non-hydrogen) atoms. The maximum atomic E-state index is 6.28. The van der Waals surface area contributed by atoms with Crippen molar-refractivity contribution in [3.63, 3.8) is 0 Å². The first-order valence-corrected chi connectivity index (χ1v) is 8.14. The van der Waals surface area contributed by atoms with E-state index in [1.807, 2.05) is 18.2 Å². The fraction of sp³-hybridized carbons (Fsp3) is 0.375. The van der Waals surface area contributed by atoms with Crippen molar-refractivity contribution < 1.29 is 4.74 Å². The zero-order valence-electron chi connectivity index (χ0n) is 11.6. The Morgan fingerprint density at radius 3 is 2.85 bits per heavy atom. The highest BCUT2D eigenvalue weighted by atomic mass is 35.5. The number of hydrogen-bond acceptors (Lipinski definition) is 3. The number of hydrogen-bond donors (Lipinski definition) is 1. The van der Waals surface area contributed by atoms with Crippen LogP contribution in [0.3, 0.4) is 0 Å². The lowest BCUT2D eigenvalue weighted by Crippen LogP contribution is -2.22. The van der Waals surface area contributed by atoms with E-state index in [2.05, 4.69) is 24.4 Å². The summed E-state index contributed by atoms with van der Waals surface area (Å²) in [4.78, 5) is 1.33. The molecule has 1 atom stereocenters. The maximum absolute atomic E-state index is 6.28. The largest absolute Gasteiger partial charge is 0.493 e. The van der Waals surface area contributed by atoms with E-state index in [0.717, 1.165) is 35.6 Å². The zero-order chi connectivity index (χ0) is 14.4. The quantitative estimate of drug-likeness (QED) is 0.827. The molecule has 0 aliphatic heterocycles. The van der Waals surface area contributed by atoms with E-state index in [1.54, 1.807) is 11.3 Å². The first-order valence-electron chi connectivity index (χ1n) is 6.89. The third-order valence-electron chi connectivity index (χ3n) is 3.25. The van der Waals surface area contributed by atoms with Crippen molar-refractivity contribution in [2.45, 2.75) is 32.2 Å². The van der Waals surface area contributed by atoms with Crippen LogP contribution < -0.4 is 10.5 Å². The fourth-order valence-corrected chi connectivity index (χ4v) is 2.93. The first kappa shape index (κ1) is 15.4. The van der Waals surface area contributed by atoms with Gasteiger partial charge in [0.25, 0.3) is 0 Å². The van der Waals surface area contributed by atoms with Gasteiger partial charge in [-0.3, -0.25) is 0 Å². The molecule has 1 aromatic carbocycles. The normalized spacial score (nSPS) is 12.3. The third kappa shape index (κ3) is 4.23. The van der Waals surface area contributed by atoms with Gasteiger partial charge in [-0.15, -0.1) is 11.3 Å². The third-order valence-corrected chi connectivity index (χ3v) is 4.54. The van der Waals surface area contributed by atoms with E-state index in [-0.39, 0.29) is 6.04 Å². The van der Waals surface area contributed by atoms with Crippen molar-refractivity contribution in [1.29, 1.82) is 0 Å². The molecule has 1 heterocycles. The van der Waals surface area contributed by atoms with Crippen molar-refractivity contribution in [1.82, 2.24) is 0 Å². The summed E-state index contributed by atoms with van der Waals surface area (Å²) >= 11 is 8.03. The molecule has 4 heteroatoms. The van der Waals surface area contributed by atoms with Gasteiger partial charge in [-0.2, -0.15) is 0 Å². The Kier molecular flexibility index (Phi) is 5.89. The molecule has 1 aromatic heterocycles. The average Bonchev–Trinajstić information content (AvgIpc) is 2.95. The minimum absolute atomic E-state index is 0.120. The molecular formula is C16H20ClNOS. The molecule has 0 saturated heterocycles. The van der Waals surface area contributed by atoms with Gasteiger partial charge in [0.15, 0.2) is 0 Å². The van der Waals surface area contributed by atoms with Crippen LogP contribution in [-0.2, 0) is 12.8 Å². The molecule has 1 unspecified atom stereocenters. The van der Waals surface area contributed by atoms with Gasteiger partial charge in [0.2, 0.25) is 0 Å². The number of halogens is 1. The molecule has 2 nitrogen and oxygen atoms in total. The molecule has 0 spiro atoms. The predicted octanol–water partition coefficient (Wildman–Crippen LogP) is 4.30. The van der Waals surface area contributed by atoms with Crippen LogP contribution in [-0.4, -0.2) is 12.6 Å². The SMILES string of the molecule is CCC(N)Cc1c(Cl)cccc1OCCc1cccs1. The molecule has 0 amide bonds. The molecule has 0 radical (unpaired) electrons. The van der Waals surface area contributed by atoms with Crippen molar-refractivity contribution in [3.8, 4) is 5.75 Å². The number of nitrogens with two attached hydrogens (primary N) is 1. The van der Waals surface area contributed by atoms with E-state index in [1.165, 1.54) is 4.88 Å². The van der Waals surface area contributed by atoms with Crippen LogP contribution >= 0.6 is 22.9 Å². The van der Waals surface area contributed by atoms with E-state index in [4.69, 9.17) is 22.1 Å². The summed E-state index contributed by atoms with van der Waals surface area (Å²) in [6.45, 7) is 2.74. The topological polar surface area (TPSA) is 35.2 Å². The Labute approximate surface area is 129 Å². The van der Waals surface area contributed by atoms with Gasteiger partial charge in [0.05, 0.1) is 6.61 Å². The van der Waals surface area contributed by atoms with Gasteiger partial charge in [-0.25, -0.2) is 0 Å². The lowest BCUT2D eigenvalue weighted by molar-refractivity contribution is 0.318. The van der Waals surface area contributed by atoms with E-state index >= 15 is 0 Å². The van der Waals surface area contributed by atoms with Gasteiger partial charge in [-0.1, -0.05) is 30.7 Å². The molecule has 2 N–H and O–H groups in total. The second kappa shape index (κ2) is 7.67. The summed E-state index contributed by atoms with van der Waals surface area (Å²) in [6, 6.07) is 10.1. The molecule has 108 valence electrons. The minimum Gasteiger partial charge on any atom is -0.493 e. The first-order chi connectivity index (χ1) is 9.70. The second-order valence-electron chi connectivity index (χ2n) is 4.77. The Bertz CT molecular complexity index is 527. The molecule has 0 aliphatic rings. The molecule has 0 fully saturated rings. The molecule has 0 saturated carbocycles. The smallest absolute Gasteiger partial charge is 0.124 e. The Hall–Kier alpha value is -1.03. The van der Waals surface area contributed by atoms with E-state index in [0.29, 0.717) is 6.61 Å². The number of rotatable bonds is 7. The van der Waals surface area contributed by atoms with E-state index in [9.17, 15) is 0 Å². The summed E-state index contributed by atoms with van der Waals surface area (Å²) in [6.07, 6.45) is 2.60. The summed E-state index contributed by atoms with van der Waals surface area (Å²) in [7, 11) is 0. The van der Waals surface area contributed by atoms with Crippen LogP contribution in [0.15, 0.2) is 35.7 Å². The van der Waals surface area contributed by atoms with Crippen LogP contribution in [0.4, 0.5) is 0 Å². The van der Waals surface area contributed by atoms with Gasteiger partial charge < -0.3 is 10.5 Å². The van der Waals surface area contributed by atoms with Crippen molar-refractivity contribution in [2.75, 3.05) is 6.61 Å². The second-order valence-corrected chi connectivity index (χ2v) is 6.21. The highest BCUT2D eigenvalue weighted by molar-refractivity contribution is 7.09. The standard InChI is InChI=1S/C16H20ClNOS/c1-2-12(18)11-14-15(17)6-3-7-16(14)19-9-8-13-5-4-10-20-13/h3-7,10,12H,2,8-9,11,18H2,1H3. The highest BCUT2D eigenvalue weighted by Gasteiger charge is 2.11. The predicted molar refractivity (Wildman–Crippen MR) is 86.9 cm³/mol. The Morgan fingerprint density at radius 2 is 2.15 bits per heavy atom. The number of benzene rings is 1. The lowest BCUT2D eigenvalue weighted by atomic mass is 10.0. The Morgan fingerprint density at radius 1 is 1.30 bits per heavy atom. The van der Waals surface area contributed by atoms with Gasteiger partial charge in [0, 0.05) is 27.9 Å². The van der Waals surface area contributed by atoms with Crippen LogP contribution in [0.25, 0.3) is 0 Å². The van der Waals surface area contributed by atoms with Crippen LogP contribution in [0.2, 0.25) is 5.02 Å². The highest BCUT2D eigenvalue weighted by Crippen LogP contribution is 2.28. The summed E-state index contributed by atoms with van der Waals surface area (Å²) < 4.78 is 5.90. The number of ether oxygens (including phenoxy) is 1. The summed E-state index contributed by atoms with van der Waals surface area (Å²) in [5, 5.41) is 2.82. The monoisotopic (exact) mass is 309 g/mol. The number of thiophene rings is 1. The molecule has 0 bridgehead atoms. The van der Waals surface area contributed by atoms with Crippen LogP contribution in [0, 0.1) is 0 Å². The van der Waals surface area contributed by atoms with Crippen molar-refractivity contribution >= 4 is 22.9 Å².